The van der Waals surface area contributed by atoms with Gasteiger partial charge in [0.15, 0.2) is 0 Å². The highest BCUT2D eigenvalue weighted by atomic mass is 19.4. The van der Waals surface area contributed by atoms with Crippen LogP contribution in [0.4, 0.5) is 17.6 Å². The van der Waals surface area contributed by atoms with Crippen LogP contribution in [-0.2, 0) is 0 Å². The maximum atomic E-state index is 14.1. The van der Waals surface area contributed by atoms with Gasteiger partial charge in [-0.3, -0.25) is 0 Å². The smallest absolute Gasteiger partial charge is 0.247 e. The van der Waals surface area contributed by atoms with Crippen LogP contribution in [0.2, 0.25) is 0 Å². The molecule has 0 N–H and O–H groups in total. The van der Waals surface area contributed by atoms with Crippen LogP contribution in [0.25, 0.3) is 0 Å². The van der Waals surface area contributed by atoms with Crippen molar-refractivity contribution < 1.29 is 17.6 Å². The number of halogens is 4. The minimum Gasteiger partial charge on any atom is -0.247 e. The molecule has 4 heteroatoms. The highest BCUT2D eigenvalue weighted by molar-refractivity contribution is 4.91. The van der Waals surface area contributed by atoms with Gasteiger partial charge in [-0.1, -0.05) is 6.08 Å². The molecule has 0 aromatic carbocycles. The summed E-state index contributed by atoms with van der Waals surface area (Å²) in [4.78, 5) is 0. The van der Waals surface area contributed by atoms with Crippen molar-refractivity contribution in [3.63, 3.8) is 0 Å². The van der Waals surface area contributed by atoms with Gasteiger partial charge in [0.2, 0.25) is 0 Å². The topological polar surface area (TPSA) is 0 Å². The van der Waals surface area contributed by atoms with Crippen LogP contribution in [0, 0.1) is 35.5 Å². The predicted octanol–water partition coefficient (Wildman–Crippen LogP) is 7.10. The Morgan fingerprint density at radius 2 is 1.12 bits per heavy atom. The van der Waals surface area contributed by atoms with E-state index >= 15 is 0 Å². The van der Waals surface area contributed by atoms with Gasteiger partial charge in [0.05, 0.1) is 5.92 Å². The van der Waals surface area contributed by atoms with E-state index in [1.54, 1.807) is 0 Å². The molecule has 3 atom stereocenters. The Hall–Kier alpha value is -0.540. The molecule has 3 saturated carbocycles. The van der Waals surface area contributed by atoms with Gasteiger partial charge in [-0.2, -0.15) is 13.2 Å². The Morgan fingerprint density at radius 3 is 1.56 bits per heavy atom. The number of hydrogen-bond acceptors (Lipinski definition) is 0. The Kier molecular flexibility index (Phi) is 6.15. The van der Waals surface area contributed by atoms with E-state index in [0.717, 1.165) is 24.7 Å². The highest BCUT2D eigenvalue weighted by Gasteiger charge is 2.49. The zero-order chi connectivity index (χ0) is 18.0. The lowest BCUT2D eigenvalue weighted by molar-refractivity contribution is -0.202. The molecular formula is C21H32F4. The monoisotopic (exact) mass is 360 g/mol. The molecular weight excluding hydrogens is 328 g/mol. The van der Waals surface area contributed by atoms with Crippen LogP contribution < -0.4 is 0 Å². The second-order valence-electron chi connectivity index (χ2n) is 8.82. The van der Waals surface area contributed by atoms with E-state index in [1.807, 2.05) is 0 Å². The van der Waals surface area contributed by atoms with Crippen molar-refractivity contribution in [3.8, 4) is 0 Å². The van der Waals surface area contributed by atoms with Crippen molar-refractivity contribution in [2.24, 2.45) is 35.5 Å². The first-order valence-electron chi connectivity index (χ1n) is 10.2. The Balaban J connectivity index is 1.45. The molecule has 0 spiro atoms. The third-order valence-electron chi connectivity index (χ3n) is 7.53. The quantitative estimate of drug-likeness (QED) is 0.372. The lowest BCUT2D eigenvalue weighted by Crippen LogP contribution is -2.39. The summed E-state index contributed by atoms with van der Waals surface area (Å²) in [6, 6.07) is 0. The number of allylic oxidation sites excluding steroid dienone is 1. The van der Waals surface area contributed by atoms with Crippen LogP contribution in [-0.4, -0.2) is 12.3 Å². The van der Waals surface area contributed by atoms with E-state index in [1.165, 1.54) is 38.5 Å². The summed E-state index contributed by atoms with van der Waals surface area (Å²) in [7, 11) is 0. The summed E-state index contributed by atoms with van der Waals surface area (Å²) in [5.74, 6) is 1.21. The summed E-state index contributed by atoms with van der Waals surface area (Å²) < 4.78 is 52.5. The van der Waals surface area contributed by atoms with E-state index in [9.17, 15) is 17.6 Å². The average molecular weight is 360 g/mol. The summed E-state index contributed by atoms with van der Waals surface area (Å²) in [5, 5.41) is 0. The molecule has 3 aliphatic carbocycles. The van der Waals surface area contributed by atoms with Crippen LogP contribution in [0.15, 0.2) is 12.7 Å². The Labute approximate surface area is 149 Å². The van der Waals surface area contributed by atoms with Crippen molar-refractivity contribution in [3.05, 3.63) is 12.7 Å². The molecule has 0 saturated heterocycles. The molecule has 3 rings (SSSR count). The zero-order valence-corrected chi connectivity index (χ0v) is 15.1. The first kappa shape index (κ1) is 19.2. The molecule has 0 radical (unpaired) electrons. The van der Waals surface area contributed by atoms with Crippen LogP contribution in [0.3, 0.4) is 0 Å². The summed E-state index contributed by atoms with van der Waals surface area (Å²) in [6.07, 6.45) is 6.43. The van der Waals surface area contributed by atoms with Crippen molar-refractivity contribution >= 4 is 0 Å². The molecule has 3 aliphatic rings. The fraction of sp³-hybridized carbons (Fsp3) is 0.905. The molecule has 0 amide bonds. The minimum atomic E-state index is -4.37. The minimum absolute atomic E-state index is 0.0131. The second kappa shape index (κ2) is 8.00. The predicted molar refractivity (Wildman–Crippen MR) is 92.9 cm³/mol. The summed E-state index contributed by atoms with van der Waals surface area (Å²) >= 11 is 0. The highest BCUT2D eigenvalue weighted by Crippen LogP contribution is 2.48. The molecule has 3 fully saturated rings. The van der Waals surface area contributed by atoms with Crippen molar-refractivity contribution in [2.75, 3.05) is 0 Å². The third kappa shape index (κ3) is 4.60. The van der Waals surface area contributed by atoms with Gasteiger partial charge in [0, 0.05) is 0 Å². The third-order valence-corrected chi connectivity index (χ3v) is 7.53. The molecule has 3 unspecified atom stereocenters. The maximum Gasteiger partial charge on any atom is 0.394 e. The van der Waals surface area contributed by atoms with Crippen molar-refractivity contribution in [1.82, 2.24) is 0 Å². The first-order valence-corrected chi connectivity index (χ1v) is 10.2. The first-order chi connectivity index (χ1) is 11.9. The van der Waals surface area contributed by atoms with Gasteiger partial charge in [-0.05, 0) is 100 Å². The van der Waals surface area contributed by atoms with E-state index in [2.05, 4.69) is 12.7 Å². The van der Waals surface area contributed by atoms with Crippen LogP contribution in [0.5, 0.6) is 0 Å². The maximum absolute atomic E-state index is 14.1. The normalized spacial score (nSPS) is 43.6. The Bertz CT molecular complexity index is 428. The van der Waals surface area contributed by atoms with Gasteiger partial charge in [0.25, 0.3) is 0 Å². The molecule has 0 aromatic rings. The van der Waals surface area contributed by atoms with Crippen molar-refractivity contribution in [1.29, 1.82) is 0 Å². The molecule has 144 valence electrons. The van der Waals surface area contributed by atoms with E-state index < -0.39 is 18.3 Å². The number of hydrogen-bond donors (Lipinski definition) is 0. The average Bonchev–Trinajstić information content (AvgIpc) is 2.61. The van der Waals surface area contributed by atoms with Gasteiger partial charge >= 0.3 is 6.18 Å². The number of rotatable bonds is 3. The molecule has 0 heterocycles. The van der Waals surface area contributed by atoms with Crippen LogP contribution in [0.1, 0.15) is 70.6 Å². The largest absolute Gasteiger partial charge is 0.394 e. The zero-order valence-electron chi connectivity index (χ0n) is 15.1. The van der Waals surface area contributed by atoms with Gasteiger partial charge in [-0.25, -0.2) is 4.39 Å². The summed E-state index contributed by atoms with van der Waals surface area (Å²) in [5.41, 5.74) is 0. The van der Waals surface area contributed by atoms with Crippen molar-refractivity contribution in [2.45, 2.75) is 83.0 Å². The van der Waals surface area contributed by atoms with Crippen LogP contribution >= 0.6 is 0 Å². The molecule has 25 heavy (non-hydrogen) atoms. The van der Waals surface area contributed by atoms with E-state index in [4.69, 9.17) is 0 Å². The molecule has 0 aliphatic heterocycles. The molecule has 0 aromatic heterocycles. The van der Waals surface area contributed by atoms with E-state index in [0.29, 0.717) is 18.3 Å². The second-order valence-corrected chi connectivity index (χ2v) is 8.82. The van der Waals surface area contributed by atoms with Gasteiger partial charge in [0.1, 0.15) is 6.17 Å². The van der Waals surface area contributed by atoms with E-state index in [-0.39, 0.29) is 18.8 Å². The fourth-order valence-electron chi connectivity index (χ4n) is 5.88. The number of alkyl halides is 4. The fourth-order valence-corrected chi connectivity index (χ4v) is 5.88. The lowest BCUT2D eigenvalue weighted by atomic mass is 9.65. The SMILES string of the molecule is C=CC1CCC(C2CCC(C3CCC(C(F)(F)F)C(F)C3)CC2)CC1. The van der Waals surface area contributed by atoms with Gasteiger partial charge in [-0.15, -0.1) is 6.58 Å². The lowest BCUT2D eigenvalue weighted by Gasteiger charge is -2.42. The molecule has 0 bridgehead atoms. The summed E-state index contributed by atoms with van der Waals surface area (Å²) in [6.45, 7) is 3.91. The standard InChI is InChI=1S/C21H32F4/c1-2-14-3-5-15(6-4-14)16-7-9-17(10-8-16)18-11-12-19(20(22)13-18)21(23,24)25/h2,14-20H,1,3-13H2. The Morgan fingerprint density at radius 1 is 0.680 bits per heavy atom. The van der Waals surface area contributed by atoms with Gasteiger partial charge < -0.3 is 0 Å². The molecule has 0 nitrogen and oxygen atoms in total.